The Morgan fingerprint density at radius 3 is 2.50 bits per heavy atom. The molecule has 0 atom stereocenters. The fraction of sp³-hybridized carbons (Fsp3) is 0.500. The molecule has 0 unspecified atom stereocenters. The number of carbonyl (C=O) groups is 1. The standard InChI is InChI=1S/C18H22F2N6O2/c1-24(2)15-4-3-13(22-23-15)18(28)25-7-5-12(6-8-25)10-26-11-21-14(17(19)20)9-16(26)27/h3-4,9,11-12,17H,5-8,10H2,1-2H3. The van der Waals surface area contributed by atoms with E-state index in [0.29, 0.717) is 44.0 Å². The average molecular weight is 392 g/mol. The predicted octanol–water partition coefficient (Wildman–Crippen LogP) is 1.59. The second-order valence-electron chi connectivity index (χ2n) is 7.01. The molecule has 8 nitrogen and oxygen atoms in total. The molecule has 0 radical (unpaired) electrons. The largest absolute Gasteiger partial charge is 0.361 e. The van der Waals surface area contributed by atoms with Gasteiger partial charge in [0.05, 0.1) is 6.33 Å². The van der Waals surface area contributed by atoms with Gasteiger partial charge in [0, 0.05) is 39.8 Å². The van der Waals surface area contributed by atoms with E-state index in [4.69, 9.17) is 0 Å². The Morgan fingerprint density at radius 1 is 1.25 bits per heavy atom. The highest BCUT2D eigenvalue weighted by Gasteiger charge is 2.25. The second-order valence-corrected chi connectivity index (χ2v) is 7.01. The van der Waals surface area contributed by atoms with E-state index in [2.05, 4.69) is 15.2 Å². The highest BCUT2D eigenvalue weighted by Crippen LogP contribution is 2.20. The normalized spacial score (nSPS) is 15.1. The minimum Gasteiger partial charge on any atom is -0.361 e. The lowest BCUT2D eigenvalue weighted by Crippen LogP contribution is -2.40. The monoisotopic (exact) mass is 392 g/mol. The topological polar surface area (TPSA) is 84.2 Å². The number of aromatic nitrogens is 4. The molecule has 28 heavy (non-hydrogen) atoms. The van der Waals surface area contributed by atoms with Crippen molar-refractivity contribution in [3.8, 4) is 0 Å². The van der Waals surface area contributed by atoms with Gasteiger partial charge in [-0.15, -0.1) is 10.2 Å². The Labute approximate surface area is 160 Å². The summed E-state index contributed by atoms with van der Waals surface area (Å²) in [7, 11) is 3.69. The molecule has 1 amide bonds. The quantitative estimate of drug-likeness (QED) is 0.768. The van der Waals surface area contributed by atoms with E-state index in [1.807, 2.05) is 14.1 Å². The first kappa shape index (κ1) is 19.8. The van der Waals surface area contributed by atoms with Gasteiger partial charge < -0.3 is 9.80 Å². The first-order chi connectivity index (χ1) is 13.3. The molecule has 0 saturated carbocycles. The summed E-state index contributed by atoms with van der Waals surface area (Å²) in [6.07, 6.45) is -0.175. The van der Waals surface area contributed by atoms with Gasteiger partial charge in [-0.2, -0.15) is 0 Å². The van der Waals surface area contributed by atoms with E-state index in [0.717, 1.165) is 6.07 Å². The molecular formula is C18H22F2N6O2. The van der Waals surface area contributed by atoms with E-state index in [1.54, 1.807) is 21.9 Å². The lowest BCUT2D eigenvalue weighted by atomic mass is 9.96. The molecule has 10 heteroatoms. The van der Waals surface area contributed by atoms with Gasteiger partial charge >= 0.3 is 0 Å². The molecule has 1 fully saturated rings. The maximum atomic E-state index is 12.6. The summed E-state index contributed by atoms with van der Waals surface area (Å²) >= 11 is 0. The van der Waals surface area contributed by atoms with Gasteiger partial charge in [-0.05, 0) is 30.9 Å². The third-order valence-electron chi connectivity index (χ3n) is 4.81. The number of anilines is 1. The number of rotatable bonds is 5. The van der Waals surface area contributed by atoms with Crippen LogP contribution in [0.4, 0.5) is 14.6 Å². The summed E-state index contributed by atoms with van der Waals surface area (Å²) in [5, 5.41) is 8.02. The SMILES string of the molecule is CN(C)c1ccc(C(=O)N2CCC(Cn3cnc(C(F)F)cc3=O)CC2)nn1. The van der Waals surface area contributed by atoms with Crippen LogP contribution in [0.1, 0.15) is 35.4 Å². The summed E-state index contributed by atoms with van der Waals surface area (Å²) in [6, 6.07) is 4.28. The van der Waals surface area contributed by atoms with Gasteiger partial charge in [-0.1, -0.05) is 0 Å². The van der Waals surface area contributed by atoms with Gasteiger partial charge in [-0.25, -0.2) is 13.8 Å². The van der Waals surface area contributed by atoms with Crippen molar-refractivity contribution in [3.63, 3.8) is 0 Å². The third-order valence-corrected chi connectivity index (χ3v) is 4.81. The van der Waals surface area contributed by atoms with Crippen LogP contribution in [0, 0.1) is 5.92 Å². The fourth-order valence-electron chi connectivity index (χ4n) is 3.13. The molecule has 0 spiro atoms. The second kappa shape index (κ2) is 8.41. The summed E-state index contributed by atoms with van der Waals surface area (Å²) in [6.45, 7) is 1.48. The molecule has 150 valence electrons. The number of piperidine rings is 1. The Balaban J connectivity index is 1.57. The summed E-state index contributed by atoms with van der Waals surface area (Å²) in [5.74, 6) is 0.673. The lowest BCUT2D eigenvalue weighted by molar-refractivity contribution is 0.0675. The van der Waals surface area contributed by atoms with E-state index in [1.165, 1.54) is 10.9 Å². The lowest BCUT2D eigenvalue weighted by Gasteiger charge is -2.32. The van der Waals surface area contributed by atoms with Crippen LogP contribution in [-0.4, -0.2) is 57.7 Å². The van der Waals surface area contributed by atoms with Crippen LogP contribution in [-0.2, 0) is 6.54 Å². The van der Waals surface area contributed by atoms with E-state index in [9.17, 15) is 18.4 Å². The molecule has 0 aliphatic carbocycles. The molecule has 1 saturated heterocycles. The van der Waals surface area contributed by atoms with Crippen molar-refractivity contribution < 1.29 is 13.6 Å². The molecule has 3 heterocycles. The third kappa shape index (κ3) is 4.49. The van der Waals surface area contributed by atoms with Crippen LogP contribution in [0.5, 0.6) is 0 Å². The van der Waals surface area contributed by atoms with E-state index >= 15 is 0 Å². The van der Waals surface area contributed by atoms with Crippen LogP contribution < -0.4 is 10.5 Å². The molecule has 1 aliphatic rings. The van der Waals surface area contributed by atoms with Gasteiger partial charge in [0.1, 0.15) is 5.69 Å². The molecule has 0 N–H and O–H groups in total. The van der Waals surface area contributed by atoms with Crippen LogP contribution in [0.25, 0.3) is 0 Å². The number of likely N-dealkylation sites (tertiary alicyclic amines) is 1. The molecule has 0 aromatic carbocycles. The van der Waals surface area contributed by atoms with Crippen LogP contribution in [0.15, 0.2) is 29.3 Å². The molecule has 2 aromatic heterocycles. The number of amides is 1. The zero-order valence-corrected chi connectivity index (χ0v) is 15.8. The molecule has 0 bridgehead atoms. The van der Waals surface area contributed by atoms with Crippen molar-refractivity contribution in [1.82, 2.24) is 24.6 Å². The molecule has 3 rings (SSSR count). The summed E-state index contributed by atoms with van der Waals surface area (Å²) in [4.78, 5) is 31.7. The smallest absolute Gasteiger partial charge is 0.280 e. The number of carbonyl (C=O) groups excluding carboxylic acids is 1. The van der Waals surface area contributed by atoms with Crippen molar-refractivity contribution in [2.75, 3.05) is 32.1 Å². The number of hydrogen-bond donors (Lipinski definition) is 0. The number of nitrogens with zero attached hydrogens (tertiary/aromatic N) is 6. The highest BCUT2D eigenvalue weighted by molar-refractivity contribution is 5.92. The minimum absolute atomic E-state index is 0.170. The van der Waals surface area contributed by atoms with E-state index < -0.39 is 17.7 Å². The van der Waals surface area contributed by atoms with Crippen LogP contribution in [0.3, 0.4) is 0 Å². The predicted molar refractivity (Wildman–Crippen MR) is 98.4 cm³/mol. The fourth-order valence-corrected chi connectivity index (χ4v) is 3.13. The number of hydrogen-bond acceptors (Lipinski definition) is 6. The van der Waals surface area contributed by atoms with Gasteiger partial charge in [-0.3, -0.25) is 14.2 Å². The number of halogens is 2. The molecule has 2 aromatic rings. The summed E-state index contributed by atoms with van der Waals surface area (Å²) < 4.78 is 26.5. The summed E-state index contributed by atoms with van der Waals surface area (Å²) in [5.41, 5.74) is -0.699. The zero-order valence-electron chi connectivity index (χ0n) is 15.8. The Kier molecular flexibility index (Phi) is 5.96. The highest BCUT2D eigenvalue weighted by atomic mass is 19.3. The number of alkyl halides is 2. The molecule has 1 aliphatic heterocycles. The first-order valence-electron chi connectivity index (χ1n) is 9.00. The Bertz CT molecular complexity index is 876. The Hall–Kier alpha value is -2.91. The van der Waals surface area contributed by atoms with Crippen molar-refractivity contribution in [3.05, 3.63) is 46.3 Å². The van der Waals surface area contributed by atoms with Crippen molar-refractivity contribution in [2.24, 2.45) is 5.92 Å². The Morgan fingerprint density at radius 2 is 1.96 bits per heavy atom. The maximum absolute atomic E-state index is 12.6. The van der Waals surface area contributed by atoms with Gasteiger partial charge in [0.25, 0.3) is 17.9 Å². The first-order valence-corrected chi connectivity index (χ1v) is 9.00. The van der Waals surface area contributed by atoms with Crippen molar-refractivity contribution in [1.29, 1.82) is 0 Å². The van der Waals surface area contributed by atoms with Crippen molar-refractivity contribution >= 4 is 11.7 Å². The van der Waals surface area contributed by atoms with Gasteiger partial charge in [0.15, 0.2) is 11.5 Å². The van der Waals surface area contributed by atoms with Crippen LogP contribution >= 0.6 is 0 Å². The zero-order chi connectivity index (χ0) is 20.3. The molecular weight excluding hydrogens is 370 g/mol. The van der Waals surface area contributed by atoms with Crippen LogP contribution in [0.2, 0.25) is 0 Å². The minimum atomic E-state index is -2.76. The van der Waals surface area contributed by atoms with Gasteiger partial charge in [0.2, 0.25) is 0 Å². The maximum Gasteiger partial charge on any atom is 0.280 e. The van der Waals surface area contributed by atoms with E-state index in [-0.39, 0.29) is 11.8 Å². The van der Waals surface area contributed by atoms with Crippen molar-refractivity contribution in [2.45, 2.75) is 25.8 Å². The average Bonchev–Trinajstić information content (AvgIpc) is 2.69.